The summed E-state index contributed by atoms with van der Waals surface area (Å²) >= 11 is 0. The molecule has 0 amide bonds. The van der Waals surface area contributed by atoms with Crippen LogP contribution in [0.2, 0.25) is 0 Å². The zero-order valence-electron chi connectivity index (χ0n) is 9.82. The Bertz CT molecular complexity index is 364. The van der Waals surface area contributed by atoms with Crippen LogP contribution in [0.25, 0.3) is 0 Å². The Balaban J connectivity index is 3.27. The molecule has 1 rings (SSSR count). The van der Waals surface area contributed by atoms with Gasteiger partial charge in [0.25, 0.3) is 0 Å². The third-order valence-corrected chi connectivity index (χ3v) is 2.47. The standard InChI is InChI=1S/C12H18O2/c1-7-8(2)14-9(3)10(7)11(13)12(4,5)6/h1-6H3. The molecule has 2 heteroatoms. The quantitative estimate of drug-likeness (QED) is 0.641. The number of ketones is 1. The van der Waals surface area contributed by atoms with Gasteiger partial charge in [-0.15, -0.1) is 0 Å². The van der Waals surface area contributed by atoms with Crippen molar-refractivity contribution < 1.29 is 9.21 Å². The molecule has 78 valence electrons. The topological polar surface area (TPSA) is 30.2 Å². The van der Waals surface area contributed by atoms with Gasteiger partial charge in [-0.3, -0.25) is 4.79 Å². The van der Waals surface area contributed by atoms with E-state index >= 15 is 0 Å². The summed E-state index contributed by atoms with van der Waals surface area (Å²) in [7, 11) is 0. The second-order valence-electron chi connectivity index (χ2n) is 4.79. The number of carbonyl (C=O) groups is 1. The minimum absolute atomic E-state index is 0.157. The second-order valence-corrected chi connectivity index (χ2v) is 4.79. The molecular formula is C12H18O2. The van der Waals surface area contributed by atoms with E-state index in [4.69, 9.17) is 4.42 Å². The first-order chi connectivity index (χ1) is 6.25. The molecule has 2 nitrogen and oxygen atoms in total. The minimum atomic E-state index is -0.341. The number of furan rings is 1. The molecule has 0 atom stereocenters. The van der Waals surface area contributed by atoms with E-state index in [0.29, 0.717) is 0 Å². The van der Waals surface area contributed by atoms with Crippen molar-refractivity contribution in [3.63, 3.8) is 0 Å². The SMILES string of the molecule is Cc1oc(C)c(C(=O)C(C)(C)C)c1C. The van der Waals surface area contributed by atoms with Gasteiger partial charge in [-0.2, -0.15) is 0 Å². The lowest BCUT2D eigenvalue weighted by Crippen LogP contribution is -2.21. The fourth-order valence-electron chi connectivity index (χ4n) is 1.50. The number of Topliss-reactive ketones (excluding diaryl/α,β-unsaturated/α-hetero) is 1. The van der Waals surface area contributed by atoms with Gasteiger partial charge in [-0.05, 0) is 20.8 Å². The maximum atomic E-state index is 12.1. The normalized spacial score (nSPS) is 11.9. The molecule has 1 aromatic heterocycles. The Morgan fingerprint density at radius 2 is 1.57 bits per heavy atom. The molecule has 0 spiro atoms. The second kappa shape index (κ2) is 3.26. The highest BCUT2D eigenvalue weighted by molar-refractivity contribution is 6.02. The first kappa shape index (κ1) is 11.0. The van der Waals surface area contributed by atoms with Gasteiger partial charge in [0.05, 0.1) is 5.56 Å². The molecule has 0 bridgehead atoms. The van der Waals surface area contributed by atoms with E-state index < -0.39 is 0 Å². The minimum Gasteiger partial charge on any atom is -0.466 e. The maximum absolute atomic E-state index is 12.1. The highest BCUT2D eigenvalue weighted by Gasteiger charge is 2.28. The number of rotatable bonds is 1. The lowest BCUT2D eigenvalue weighted by molar-refractivity contribution is 0.0856. The molecule has 0 unspecified atom stereocenters. The summed E-state index contributed by atoms with van der Waals surface area (Å²) in [4.78, 5) is 12.1. The number of hydrogen-bond donors (Lipinski definition) is 0. The van der Waals surface area contributed by atoms with Crippen LogP contribution in [0.5, 0.6) is 0 Å². The molecule has 0 aliphatic carbocycles. The van der Waals surface area contributed by atoms with Crippen LogP contribution in [0.15, 0.2) is 4.42 Å². The van der Waals surface area contributed by atoms with E-state index in [9.17, 15) is 4.79 Å². The Morgan fingerprint density at radius 3 is 1.86 bits per heavy atom. The van der Waals surface area contributed by atoms with Gasteiger partial charge in [0.2, 0.25) is 0 Å². The van der Waals surface area contributed by atoms with Crippen LogP contribution >= 0.6 is 0 Å². The maximum Gasteiger partial charge on any atom is 0.171 e. The average Bonchev–Trinajstić information content (AvgIpc) is 2.24. The van der Waals surface area contributed by atoms with Crippen molar-refractivity contribution >= 4 is 5.78 Å². The van der Waals surface area contributed by atoms with Crippen LogP contribution < -0.4 is 0 Å². The smallest absolute Gasteiger partial charge is 0.171 e. The molecule has 0 fully saturated rings. The first-order valence-electron chi connectivity index (χ1n) is 4.86. The van der Waals surface area contributed by atoms with Gasteiger partial charge in [0, 0.05) is 11.0 Å². The Kier molecular flexibility index (Phi) is 2.57. The van der Waals surface area contributed by atoms with Crippen molar-refractivity contribution in [2.24, 2.45) is 5.41 Å². The molecular weight excluding hydrogens is 176 g/mol. The fourth-order valence-corrected chi connectivity index (χ4v) is 1.50. The van der Waals surface area contributed by atoms with E-state index in [-0.39, 0.29) is 11.2 Å². The van der Waals surface area contributed by atoms with Crippen molar-refractivity contribution in [3.05, 3.63) is 22.6 Å². The molecule has 14 heavy (non-hydrogen) atoms. The number of hydrogen-bond acceptors (Lipinski definition) is 2. The van der Waals surface area contributed by atoms with Crippen LogP contribution in [-0.4, -0.2) is 5.78 Å². The van der Waals surface area contributed by atoms with E-state index in [0.717, 1.165) is 22.6 Å². The fraction of sp³-hybridized carbons (Fsp3) is 0.583. The molecule has 0 aliphatic heterocycles. The first-order valence-corrected chi connectivity index (χ1v) is 4.86. The zero-order valence-corrected chi connectivity index (χ0v) is 9.82. The van der Waals surface area contributed by atoms with E-state index in [2.05, 4.69) is 0 Å². The molecule has 0 radical (unpaired) electrons. The summed E-state index contributed by atoms with van der Waals surface area (Å²) in [6, 6.07) is 0. The van der Waals surface area contributed by atoms with Gasteiger partial charge in [-0.1, -0.05) is 20.8 Å². The number of carbonyl (C=O) groups excluding carboxylic acids is 1. The molecule has 1 aromatic rings. The third-order valence-electron chi connectivity index (χ3n) is 2.47. The van der Waals surface area contributed by atoms with Crippen molar-refractivity contribution in [2.45, 2.75) is 41.5 Å². The van der Waals surface area contributed by atoms with Crippen molar-refractivity contribution in [1.29, 1.82) is 0 Å². The molecule has 0 aromatic carbocycles. The van der Waals surface area contributed by atoms with E-state index in [1.165, 1.54) is 0 Å². The predicted molar refractivity (Wildman–Crippen MR) is 56.7 cm³/mol. The Hall–Kier alpha value is -1.05. The van der Waals surface area contributed by atoms with Crippen molar-refractivity contribution in [2.75, 3.05) is 0 Å². The van der Waals surface area contributed by atoms with E-state index in [1.54, 1.807) is 0 Å². The largest absolute Gasteiger partial charge is 0.466 e. The zero-order chi connectivity index (χ0) is 11.1. The lowest BCUT2D eigenvalue weighted by Gasteiger charge is -2.16. The molecule has 0 saturated heterocycles. The predicted octanol–water partition coefficient (Wildman–Crippen LogP) is 3.43. The average molecular weight is 194 g/mol. The summed E-state index contributed by atoms with van der Waals surface area (Å²) < 4.78 is 5.44. The molecule has 0 saturated carbocycles. The van der Waals surface area contributed by atoms with E-state index in [1.807, 2.05) is 41.5 Å². The highest BCUT2D eigenvalue weighted by atomic mass is 16.3. The van der Waals surface area contributed by atoms with Crippen molar-refractivity contribution in [3.8, 4) is 0 Å². The van der Waals surface area contributed by atoms with Gasteiger partial charge in [0.1, 0.15) is 11.5 Å². The highest BCUT2D eigenvalue weighted by Crippen LogP contribution is 2.28. The number of aryl methyl sites for hydroxylation is 2. The summed E-state index contributed by atoms with van der Waals surface area (Å²) in [6.45, 7) is 11.5. The third kappa shape index (κ3) is 1.74. The lowest BCUT2D eigenvalue weighted by atomic mass is 9.85. The van der Waals surface area contributed by atoms with Crippen LogP contribution in [0.4, 0.5) is 0 Å². The van der Waals surface area contributed by atoms with Crippen molar-refractivity contribution in [1.82, 2.24) is 0 Å². The van der Waals surface area contributed by atoms with Gasteiger partial charge >= 0.3 is 0 Å². The summed E-state index contributed by atoms with van der Waals surface area (Å²) in [5.74, 6) is 1.74. The van der Waals surface area contributed by atoms with Crippen LogP contribution in [0.3, 0.4) is 0 Å². The van der Waals surface area contributed by atoms with Gasteiger partial charge < -0.3 is 4.42 Å². The summed E-state index contributed by atoms with van der Waals surface area (Å²) in [6.07, 6.45) is 0. The molecule has 0 aliphatic rings. The summed E-state index contributed by atoms with van der Waals surface area (Å²) in [5.41, 5.74) is 1.39. The van der Waals surface area contributed by atoms with Crippen LogP contribution in [0, 0.1) is 26.2 Å². The van der Waals surface area contributed by atoms with Gasteiger partial charge in [0.15, 0.2) is 5.78 Å². The Morgan fingerprint density at radius 1 is 1.07 bits per heavy atom. The summed E-state index contributed by atoms with van der Waals surface area (Å²) in [5, 5.41) is 0. The molecule has 1 heterocycles. The monoisotopic (exact) mass is 194 g/mol. The molecule has 0 N–H and O–H groups in total. The van der Waals surface area contributed by atoms with Crippen LogP contribution in [-0.2, 0) is 0 Å². The van der Waals surface area contributed by atoms with Crippen LogP contribution in [0.1, 0.15) is 48.2 Å². The van der Waals surface area contributed by atoms with Gasteiger partial charge in [-0.25, -0.2) is 0 Å². The Labute approximate surface area is 85.3 Å².